The predicted molar refractivity (Wildman–Crippen MR) is 60.4 cm³/mol. The molecular formula is C11H11NO4S. The minimum Gasteiger partial charge on any atom is -0.478 e. The summed E-state index contributed by atoms with van der Waals surface area (Å²) in [7, 11) is -3.73. The third-order valence-electron chi connectivity index (χ3n) is 2.28. The Hall–Kier alpha value is -1.87. The second kappa shape index (κ2) is 4.97. The molecule has 6 heteroatoms. The molecule has 0 atom stereocenters. The van der Waals surface area contributed by atoms with Crippen molar-refractivity contribution < 1.29 is 18.3 Å². The molecule has 0 unspecified atom stereocenters. The number of aryl methyl sites for hydroxylation is 1. The first-order valence-electron chi connectivity index (χ1n) is 4.88. The van der Waals surface area contributed by atoms with Crippen LogP contribution in [0.2, 0.25) is 0 Å². The molecular weight excluding hydrogens is 242 g/mol. The number of benzene rings is 1. The van der Waals surface area contributed by atoms with Crippen molar-refractivity contribution in [1.82, 2.24) is 0 Å². The van der Waals surface area contributed by atoms with Gasteiger partial charge in [-0.3, -0.25) is 0 Å². The lowest BCUT2D eigenvalue weighted by Gasteiger charge is -2.07. The maximum absolute atomic E-state index is 11.8. The van der Waals surface area contributed by atoms with Crippen LogP contribution >= 0.6 is 0 Å². The molecule has 0 bridgehead atoms. The number of rotatable bonds is 4. The standard InChI is InChI=1S/C11H11NO4S/c1-2-8-3-4-9(11(13)14)7-10(8)17(15,16)6-5-12/h3-4,7H,2,6H2,1H3,(H,13,14). The Balaban J connectivity index is 3.45. The summed E-state index contributed by atoms with van der Waals surface area (Å²) < 4.78 is 23.5. The van der Waals surface area contributed by atoms with Crippen molar-refractivity contribution in [1.29, 1.82) is 5.26 Å². The van der Waals surface area contributed by atoms with E-state index >= 15 is 0 Å². The van der Waals surface area contributed by atoms with E-state index in [0.717, 1.165) is 6.07 Å². The first-order valence-corrected chi connectivity index (χ1v) is 6.53. The number of carboxylic acids is 1. The number of hydrogen-bond donors (Lipinski definition) is 1. The van der Waals surface area contributed by atoms with Crippen LogP contribution in [-0.2, 0) is 16.3 Å². The summed E-state index contributed by atoms with van der Waals surface area (Å²) in [4.78, 5) is 10.7. The van der Waals surface area contributed by atoms with Gasteiger partial charge in [0.15, 0.2) is 9.84 Å². The smallest absolute Gasteiger partial charge is 0.335 e. The number of nitriles is 1. The van der Waals surface area contributed by atoms with Gasteiger partial charge < -0.3 is 5.11 Å². The van der Waals surface area contributed by atoms with Crippen molar-refractivity contribution in [3.63, 3.8) is 0 Å². The zero-order valence-electron chi connectivity index (χ0n) is 9.17. The van der Waals surface area contributed by atoms with Crippen LogP contribution in [0.5, 0.6) is 0 Å². The number of hydrogen-bond acceptors (Lipinski definition) is 4. The molecule has 1 N–H and O–H groups in total. The van der Waals surface area contributed by atoms with Crippen molar-refractivity contribution in [3.05, 3.63) is 29.3 Å². The SMILES string of the molecule is CCc1ccc(C(=O)O)cc1S(=O)(=O)CC#N. The van der Waals surface area contributed by atoms with E-state index in [1.54, 1.807) is 13.0 Å². The van der Waals surface area contributed by atoms with Gasteiger partial charge in [0.1, 0.15) is 5.75 Å². The van der Waals surface area contributed by atoms with E-state index in [1.807, 2.05) is 0 Å². The molecule has 17 heavy (non-hydrogen) atoms. The highest BCUT2D eigenvalue weighted by molar-refractivity contribution is 7.91. The quantitative estimate of drug-likeness (QED) is 0.871. The predicted octanol–water partition coefficient (Wildman–Crippen LogP) is 1.24. The van der Waals surface area contributed by atoms with E-state index in [2.05, 4.69) is 0 Å². The first-order chi connectivity index (χ1) is 7.92. The van der Waals surface area contributed by atoms with Crippen LogP contribution in [0.25, 0.3) is 0 Å². The Kier molecular flexibility index (Phi) is 3.86. The van der Waals surface area contributed by atoms with Crippen LogP contribution in [-0.4, -0.2) is 25.2 Å². The Morgan fingerprint density at radius 3 is 2.59 bits per heavy atom. The lowest BCUT2D eigenvalue weighted by molar-refractivity contribution is 0.0696. The van der Waals surface area contributed by atoms with Gasteiger partial charge in [0.2, 0.25) is 0 Å². The molecule has 0 aliphatic rings. The Labute approximate surface area is 99.2 Å². The van der Waals surface area contributed by atoms with Gasteiger partial charge in [0.25, 0.3) is 0 Å². The van der Waals surface area contributed by atoms with E-state index in [0.29, 0.717) is 12.0 Å². The second-order valence-corrected chi connectivity index (χ2v) is 5.36. The third kappa shape index (κ3) is 2.82. The summed E-state index contributed by atoms with van der Waals surface area (Å²) in [6.07, 6.45) is 0.458. The number of nitrogens with zero attached hydrogens (tertiary/aromatic N) is 1. The summed E-state index contributed by atoms with van der Waals surface area (Å²) >= 11 is 0. The molecule has 90 valence electrons. The number of carboxylic acid groups (broad SMARTS) is 1. The van der Waals surface area contributed by atoms with Gasteiger partial charge in [0, 0.05) is 0 Å². The third-order valence-corrected chi connectivity index (χ3v) is 3.84. The van der Waals surface area contributed by atoms with E-state index in [9.17, 15) is 13.2 Å². The second-order valence-electron chi connectivity index (χ2n) is 3.40. The minimum atomic E-state index is -3.73. The van der Waals surface area contributed by atoms with Crippen molar-refractivity contribution in [3.8, 4) is 6.07 Å². The first kappa shape index (κ1) is 13.2. The Bertz CT molecular complexity index is 584. The number of aromatic carboxylic acids is 1. The number of sulfone groups is 1. The van der Waals surface area contributed by atoms with Gasteiger partial charge in [-0.05, 0) is 24.1 Å². The van der Waals surface area contributed by atoms with Crippen LogP contribution in [0.1, 0.15) is 22.8 Å². The molecule has 0 amide bonds. The molecule has 1 aromatic carbocycles. The van der Waals surface area contributed by atoms with Crippen LogP contribution in [0.3, 0.4) is 0 Å². The molecule has 0 fully saturated rings. The van der Waals surface area contributed by atoms with Crippen molar-refractivity contribution in [2.75, 3.05) is 5.75 Å². The van der Waals surface area contributed by atoms with Crippen LogP contribution < -0.4 is 0 Å². The maximum atomic E-state index is 11.8. The fraction of sp³-hybridized carbons (Fsp3) is 0.273. The molecule has 0 spiro atoms. The van der Waals surface area contributed by atoms with Crippen LogP contribution in [0.4, 0.5) is 0 Å². The molecule has 0 aliphatic carbocycles. The highest BCUT2D eigenvalue weighted by Gasteiger charge is 2.19. The van der Waals surface area contributed by atoms with Crippen molar-refractivity contribution in [2.24, 2.45) is 0 Å². The summed E-state index contributed by atoms with van der Waals surface area (Å²) in [6.45, 7) is 1.77. The number of carbonyl (C=O) groups is 1. The van der Waals surface area contributed by atoms with Crippen molar-refractivity contribution >= 4 is 15.8 Å². The van der Waals surface area contributed by atoms with E-state index in [4.69, 9.17) is 10.4 Å². The lowest BCUT2D eigenvalue weighted by atomic mass is 10.1. The zero-order valence-corrected chi connectivity index (χ0v) is 9.99. The molecule has 0 saturated carbocycles. The monoisotopic (exact) mass is 253 g/mol. The zero-order chi connectivity index (χ0) is 13.1. The van der Waals surface area contributed by atoms with Gasteiger partial charge in [-0.2, -0.15) is 5.26 Å². The van der Waals surface area contributed by atoms with Gasteiger partial charge >= 0.3 is 5.97 Å². The van der Waals surface area contributed by atoms with E-state index < -0.39 is 21.6 Å². The molecule has 0 saturated heterocycles. The largest absolute Gasteiger partial charge is 0.478 e. The fourth-order valence-electron chi connectivity index (χ4n) is 1.43. The summed E-state index contributed by atoms with van der Waals surface area (Å²) in [5, 5.41) is 17.3. The van der Waals surface area contributed by atoms with E-state index in [-0.39, 0.29) is 10.5 Å². The summed E-state index contributed by atoms with van der Waals surface area (Å²) in [5.41, 5.74) is 0.420. The minimum absolute atomic E-state index is 0.0681. The van der Waals surface area contributed by atoms with Crippen LogP contribution in [0.15, 0.2) is 23.1 Å². The molecule has 1 aromatic rings. The molecule has 1 rings (SSSR count). The Morgan fingerprint density at radius 2 is 2.12 bits per heavy atom. The fourth-order valence-corrected chi connectivity index (χ4v) is 2.68. The van der Waals surface area contributed by atoms with Crippen molar-refractivity contribution in [2.45, 2.75) is 18.2 Å². The van der Waals surface area contributed by atoms with Gasteiger partial charge in [-0.25, -0.2) is 13.2 Å². The molecule has 0 heterocycles. The average molecular weight is 253 g/mol. The maximum Gasteiger partial charge on any atom is 0.335 e. The van der Waals surface area contributed by atoms with Gasteiger partial charge in [-0.1, -0.05) is 13.0 Å². The average Bonchev–Trinajstić information content (AvgIpc) is 2.28. The highest BCUT2D eigenvalue weighted by atomic mass is 32.2. The topological polar surface area (TPSA) is 95.2 Å². The van der Waals surface area contributed by atoms with Gasteiger partial charge in [-0.15, -0.1) is 0 Å². The molecule has 0 aromatic heterocycles. The lowest BCUT2D eigenvalue weighted by Crippen LogP contribution is -2.10. The highest BCUT2D eigenvalue weighted by Crippen LogP contribution is 2.20. The molecule has 0 radical (unpaired) electrons. The summed E-state index contributed by atoms with van der Waals surface area (Å²) in [6, 6.07) is 5.50. The normalized spacial score (nSPS) is 10.8. The molecule has 0 aliphatic heterocycles. The Morgan fingerprint density at radius 1 is 1.47 bits per heavy atom. The molecule has 5 nitrogen and oxygen atoms in total. The van der Waals surface area contributed by atoms with Gasteiger partial charge in [0.05, 0.1) is 16.5 Å². The van der Waals surface area contributed by atoms with E-state index in [1.165, 1.54) is 12.1 Å². The summed E-state index contributed by atoms with van der Waals surface area (Å²) in [5.74, 6) is -1.84. The van der Waals surface area contributed by atoms with Crippen LogP contribution in [0, 0.1) is 11.3 Å².